The zero-order valence-electron chi connectivity index (χ0n) is 9.05. The van der Waals surface area contributed by atoms with Crippen molar-refractivity contribution in [3.8, 4) is 16.9 Å². The van der Waals surface area contributed by atoms with Gasteiger partial charge in [-0.05, 0) is 5.56 Å². The van der Waals surface area contributed by atoms with Crippen LogP contribution in [0.1, 0.15) is 5.56 Å². The molecule has 0 unspecified atom stereocenters. The second kappa shape index (κ2) is 4.77. The van der Waals surface area contributed by atoms with Gasteiger partial charge in [-0.2, -0.15) is 0 Å². The number of benzene rings is 1. The van der Waals surface area contributed by atoms with E-state index in [9.17, 15) is 5.11 Å². The number of aliphatic hydroxyl groups is 1. The van der Waals surface area contributed by atoms with Crippen LogP contribution < -0.4 is 4.74 Å². The normalized spacial score (nSPS) is 10.1. The van der Waals surface area contributed by atoms with E-state index in [1.165, 1.54) is 0 Å². The SMILES string of the molecule is COc1cncc(-c2ccccc2)c1CO. The number of ether oxygens (including phenoxy) is 1. The van der Waals surface area contributed by atoms with Crippen molar-refractivity contribution in [3.05, 3.63) is 48.3 Å². The average Bonchev–Trinajstić information content (AvgIpc) is 2.38. The maximum Gasteiger partial charge on any atom is 0.143 e. The van der Waals surface area contributed by atoms with Crippen molar-refractivity contribution in [2.45, 2.75) is 6.61 Å². The van der Waals surface area contributed by atoms with Gasteiger partial charge in [0.25, 0.3) is 0 Å². The molecular weight excluding hydrogens is 202 g/mol. The van der Waals surface area contributed by atoms with Crippen molar-refractivity contribution in [3.63, 3.8) is 0 Å². The zero-order valence-corrected chi connectivity index (χ0v) is 9.05. The summed E-state index contributed by atoms with van der Waals surface area (Å²) in [5.41, 5.74) is 2.70. The van der Waals surface area contributed by atoms with Crippen LogP contribution >= 0.6 is 0 Å². The molecule has 1 aromatic carbocycles. The van der Waals surface area contributed by atoms with E-state index in [0.717, 1.165) is 16.7 Å². The molecule has 2 rings (SSSR count). The first-order valence-corrected chi connectivity index (χ1v) is 5.04. The van der Waals surface area contributed by atoms with Crippen molar-refractivity contribution < 1.29 is 9.84 Å². The van der Waals surface area contributed by atoms with Crippen molar-refractivity contribution in [2.75, 3.05) is 7.11 Å². The molecule has 0 fully saturated rings. The lowest BCUT2D eigenvalue weighted by molar-refractivity contribution is 0.274. The fourth-order valence-electron chi connectivity index (χ4n) is 1.67. The highest BCUT2D eigenvalue weighted by Gasteiger charge is 2.09. The summed E-state index contributed by atoms with van der Waals surface area (Å²) < 4.78 is 5.18. The fraction of sp³-hybridized carbons (Fsp3) is 0.154. The number of hydrogen-bond acceptors (Lipinski definition) is 3. The quantitative estimate of drug-likeness (QED) is 0.853. The maximum atomic E-state index is 9.38. The number of rotatable bonds is 3. The average molecular weight is 215 g/mol. The zero-order chi connectivity index (χ0) is 11.4. The topological polar surface area (TPSA) is 42.4 Å². The summed E-state index contributed by atoms with van der Waals surface area (Å²) in [6.45, 7) is -0.0596. The van der Waals surface area contributed by atoms with Gasteiger partial charge in [-0.15, -0.1) is 0 Å². The van der Waals surface area contributed by atoms with Crippen molar-refractivity contribution in [1.82, 2.24) is 4.98 Å². The smallest absolute Gasteiger partial charge is 0.143 e. The van der Waals surface area contributed by atoms with E-state index < -0.39 is 0 Å². The Bertz CT molecular complexity index is 469. The Morgan fingerprint density at radius 1 is 1.19 bits per heavy atom. The highest BCUT2D eigenvalue weighted by atomic mass is 16.5. The Labute approximate surface area is 94.3 Å². The summed E-state index contributed by atoms with van der Waals surface area (Å²) in [5, 5.41) is 9.38. The number of aromatic nitrogens is 1. The van der Waals surface area contributed by atoms with Gasteiger partial charge in [-0.25, -0.2) is 0 Å². The first-order chi connectivity index (χ1) is 7.86. The Morgan fingerprint density at radius 2 is 1.94 bits per heavy atom. The molecule has 1 N–H and O–H groups in total. The Balaban J connectivity index is 2.57. The number of pyridine rings is 1. The summed E-state index contributed by atoms with van der Waals surface area (Å²) in [7, 11) is 1.57. The summed E-state index contributed by atoms with van der Waals surface area (Å²) in [6.07, 6.45) is 3.35. The molecule has 0 aliphatic heterocycles. The Hall–Kier alpha value is -1.87. The van der Waals surface area contributed by atoms with Gasteiger partial charge in [0.05, 0.1) is 19.9 Å². The molecule has 16 heavy (non-hydrogen) atoms. The molecule has 1 aromatic heterocycles. The van der Waals surface area contributed by atoms with Gasteiger partial charge in [-0.1, -0.05) is 30.3 Å². The second-order valence-electron chi connectivity index (χ2n) is 3.39. The molecule has 0 aliphatic rings. The van der Waals surface area contributed by atoms with E-state index in [2.05, 4.69) is 4.98 Å². The fourth-order valence-corrected chi connectivity index (χ4v) is 1.67. The lowest BCUT2D eigenvalue weighted by atomic mass is 10.0. The van der Waals surface area contributed by atoms with Crippen LogP contribution in [0.3, 0.4) is 0 Å². The molecule has 3 nitrogen and oxygen atoms in total. The second-order valence-corrected chi connectivity index (χ2v) is 3.39. The molecule has 2 aromatic rings. The van der Waals surface area contributed by atoms with Crippen LogP contribution in [-0.4, -0.2) is 17.2 Å². The lowest BCUT2D eigenvalue weighted by Gasteiger charge is -2.11. The van der Waals surface area contributed by atoms with E-state index in [1.807, 2.05) is 30.3 Å². The van der Waals surface area contributed by atoms with E-state index >= 15 is 0 Å². The molecule has 0 aliphatic carbocycles. The molecule has 0 bridgehead atoms. The van der Waals surface area contributed by atoms with Crippen LogP contribution in [0.5, 0.6) is 5.75 Å². The van der Waals surface area contributed by atoms with Crippen molar-refractivity contribution in [1.29, 1.82) is 0 Å². The predicted molar refractivity (Wildman–Crippen MR) is 62.1 cm³/mol. The third kappa shape index (κ3) is 1.90. The van der Waals surface area contributed by atoms with Crippen molar-refractivity contribution >= 4 is 0 Å². The largest absolute Gasteiger partial charge is 0.495 e. The molecule has 0 atom stereocenters. The third-order valence-electron chi connectivity index (χ3n) is 2.48. The van der Waals surface area contributed by atoms with Gasteiger partial charge in [0.15, 0.2) is 0 Å². The number of methoxy groups -OCH3 is 1. The minimum absolute atomic E-state index is 0.0596. The molecule has 0 amide bonds. The van der Waals surface area contributed by atoms with E-state index in [4.69, 9.17) is 4.74 Å². The Morgan fingerprint density at radius 3 is 2.56 bits per heavy atom. The first kappa shape index (κ1) is 10.6. The summed E-state index contributed by atoms with van der Waals surface area (Å²) in [4.78, 5) is 4.10. The molecule has 82 valence electrons. The minimum Gasteiger partial charge on any atom is -0.495 e. The van der Waals surface area contributed by atoms with Gasteiger partial charge in [0, 0.05) is 17.3 Å². The first-order valence-electron chi connectivity index (χ1n) is 5.04. The molecule has 3 heteroatoms. The highest BCUT2D eigenvalue weighted by molar-refractivity contribution is 5.68. The highest BCUT2D eigenvalue weighted by Crippen LogP contribution is 2.29. The van der Waals surface area contributed by atoms with Crippen LogP contribution in [0, 0.1) is 0 Å². The lowest BCUT2D eigenvalue weighted by Crippen LogP contribution is -1.96. The third-order valence-corrected chi connectivity index (χ3v) is 2.48. The monoisotopic (exact) mass is 215 g/mol. The van der Waals surface area contributed by atoms with Gasteiger partial charge in [-0.3, -0.25) is 4.98 Å². The Kier molecular flexibility index (Phi) is 3.17. The predicted octanol–water partition coefficient (Wildman–Crippen LogP) is 2.25. The maximum absolute atomic E-state index is 9.38. The van der Waals surface area contributed by atoms with Crippen LogP contribution in [0.25, 0.3) is 11.1 Å². The summed E-state index contributed by atoms with van der Waals surface area (Å²) in [6, 6.07) is 9.83. The van der Waals surface area contributed by atoms with Gasteiger partial charge >= 0.3 is 0 Å². The van der Waals surface area contributed by atoms with E-state index in [1.54, 1.807) is 19.5 Å². The van der Waals surface area contributed by atoms with Crippen LogP contribution in [-0.2, 0) is 6.61 Å². The summed E-state index contributed by atoms with van der Waals surface area (Å²) in [5.74, 6) is 0.615. The van der Waals surface area contributed by atoms with Gasteiger partial charge < -0.3 is 9.84 Å². The van der Waals surface area contributed by atoms with Crippen molar-refractivity contribution in [2.24, 2.45) is 0 Å². The molecule has 0 radical (unpaired) electrons. The van der Waals surface area contributed by atoms with E-state index in [0.29, 0.717) is 5.75 Å². The van der Waals surface area contributed by atoms with Crippen LogP contribution in [0.2, 0.25) is 0 Å². The molecule has 0 saturated carbocycles. The number of hydrogen-bond donors (Lipinski definition) is 1. The van der Waals surface area contributed by atoms with Crippen LogP contribution in [0.4, 0.5) is 0 Å². The molecule has 0 spiro atoms. The van der Waals surface area contributed by atoms with Gasteiger partial charge in [0.2, 0.25) is 0 Å². The molecular formula is C13H13NO2. The molecule has 1 heterocycles. The standard InChI is InChI=1S/C13H13NO2/c1-16-13-8-14-7-11(12(13)9-15)10-5-3-2-4-6-10/h2-8,15H,9H2,1H3. The number of nitrogens with zero attached hydrogens (tertiary/aromatic N) is 1. The van der Waals surface area contributed by atoms with Crippen LogP contribution in [0.15, 0.2) is 42.7 Å². The molecule has 0 saturated heterocycles. The number of aliphatic hydroxyl groups excluding tert-OH is 1. The minimum atomic E-state index is -0.0596. The summed E-state index contributed by atoms with van der Waals surface area (Å²) >= 11 is 0. The van der Waals surface area contributed by atoms with Gasteiger partial charge in [0.1, 0.15) is 5.75 Å². The van der Waals surface area contributed by atoms with E-state index in [-0.39, 0.29) is 6.61 Å².